The molecule has 0 saturated heterocycles. The zero-order valence-corrected chi connectivity index (χ0v) is 13.1. The number of rotatable bonds is 3. The second-order valence-corrected chi connectivity index (χ2v) is 6.39. The number of ether oxygens (including phenoxy) is 1. The zero-order valence-electron chi connectivity index (χ0n) is 12.2. The molecule has 1 aliphatic rings. The number of hydrogen-bond donors (Lipinski definition) is 1. The fraction of sp³-hybridized carbons (Fsp3) is 0.167. The number of aromatic nitrogens is 2. The predicted molar refractivity (Wildman–Crippen MR) is 89.3 cm³/mol. The van der Waals surface area contributed by atoms with Gasteiger partial charge in [0.05, 0.1) is 5.69 Å². The predicted octanol–water partition coefficient (Wildman–Crippen LogP) is 4.67. The third-order valence-electron chi connectivity index (χ3n) is 3.74. The summed E-state index contributed by atoms with van der Waals surface area (Å²) in [5.74, 6) is 1.88. The van der Waals surface area contributed by atoms with Gasteiger partial charge in [-0.05, 0) is 23.4 Å². The first-order chi connectivity index (χ1) is 10.9. The molecule has 0 saturated carbocycles. The van der Waals surface area contributed by atoms with Gasteiger partial charge in [-0.2, -0.15) is 0 Å². The average Bonchev–Trinajstić information content (AvgIpc) is 2.99. The summed E-state index contributed by atoms with van der Waals surface area (Å²) in [6, 6.07) is 18.4. The third kappa shape index (κ3) is 2.20. The van der Waals surface area contributed by atoms with Crippen LogP contribution in [0.3, 0.4) is 0 Å². The van der Waals surface area contributed by atoms with Gasteiger partial charge in [0, 0.05) is 5.56 Å². The molecule has 3 nitrogen and oxygen atoms in total. The number of H-pyrrole nitrogens is 1. The van der Waals surface area contributed by atoms with Crippen molar-refractivity contribution in [2.24, 2.45) is 0 Å². The van der Waals surface area contributed by atoms with Crippen molar-refractivity contribution in [1.82, 2.24) is 9.97 Å². The van der Waals surface area contributed by atoms with Gasteiger partial charge >= 0.3 is 0 Å². The summed E-state index contributed by atoms with van der Waals surface area (Å²) in [4.78, 5) is 8.24. The van der Waals surface area contributed by atoms with Gasteiger partial charge in [0.15, 0.2) is 11.3 Å². The highest BCUT2D eigenvalue weighted by Gasteiger charge is 2.30. The van der Waals surface area contributed by atoms with Crippen LogP contribution < -0.4 is 4.74 Å². The molecule has 0 aliphatic carbocycles. The monoisotopic (exact) mass is 308 g/mol. The number of thioether (sulfide) groups is 1. The molecule has 1 N–H and O–H groups in total. The molecule has 1 atom stereocenters. The van der Waals surface area contributed by atoms with Crippen molar-refractivity contribution < 1.29 is 4.74 Å². The molecule has 0 spiro atoms. The van der Waals surface area contributed by atoms with Crippen molar-refractivity contribution >= 4 is 11.8 Å². The first-order valence-corrected chi connectivity index (χ1v) is 8.39. The van der Waals surface area contributed by atoms with E-state index in [9.17, 15) is 0 Å². The summed E-state index contributed by atoms with van der Waals surface area (Å²) in [6.45, 7) is 2.13. The molecule has 0 bridgehead atoms. The first-order valence-electron chi connectivity index (χ1n) is 7.40. The van der Waals surface area contributed by atoms with E-state index in [0.29, 0.717) is 0 Å². The van der Waals surface area contributed by atoms with Crippen molar-refractivity contribution in [2.75, 3.05) is 5.75 Å². The third-order valence-corrected chi connectivity index (χ3v) is 4.50. The van der Waals surface area contributed by atoms with E-state index in [1.165, 1.54) is 0 Å². The highest BCUT2D eigenvalue weighted by molar-refractivity contribution is 7.99. The highest BCUT2D eigenvalue weighted by atomic mass is 32.2. The number of fused-ring (bicyclic) bond motifs is 3. The smallest absolute Gasteiger partial charge is 0.166 e. The second kappa shape index (κ2) is 5.54. The summed E-state index contributed by atoms with van der Waals surface area (Å²) in [5.41, 5.74) is 4.24. The number of hydrogen-bond acceptors (Lipinski definition) is 3. The number of aromatic amines is 1. The molecule has 0 fully saturated rings. The quantitative estimate of drug-likeness (QED) is 0.714. The normalized spacial score (nSPS) is 15.8. The molecule has 2 aromatic carbocycles. The molecule has 1 aromatic heterocycles. The van der Waals surface area contributed by atoms with Gasteiger partial charge in [-0.15, -0.1) is 0 Å². The molecular formula is C18H16N2OS. The van der Waals surface area contributed by atoms with E-state index in [4.69, 9.17) is 9.72 Å². The van der Waals surface area contributed by atoms with Gasteiger partial charge in [0.2, 0.25) is 0 Å². The molecule has 1 aliphatic heterocycles. The maximum atomic E-state index is 6.26. The van der Waals surface area contributed by atoms with Crippen LogP contribution in [-0.2, 0) is 0 Å². The van der Waals surface area contributed by atoms with E-state index < -0.39 is 0 Å². The van der Waals surface area contributed by atoms with E-state index in [-0.39, 0.29) is 6.10 Å². The molecule has 4 rings (SSSR count). The van der Waals surface area contributed by atoms with Crippen LogP contribution in [0.2, 0.25) is 0 Å². The lowest BCUT2D eigenvalue weighted by atomic mass is 9.98. The van der Waals surface area contributed by atoms with E-state index in [1.54, 1.807) is 11.8 Å². The van der Waals surface area contributed by atoms with Crippen LogP contribution in [0.25, 0.3) is 11.3 Å². The Balaban J connectivity index is 1.88. The Bertz CT molecular complexity index is 798. The van der Waals surface area contributed by atoms with Crippen molar-refractivity contribution in [2.45, 2.75) is 18.2 Å². The van der Waals surface area contributed by atoms with E-state index >= 15 is 0 Å². The zero-order chi connectivity index (χ0) is 14.9. The minimum atomic E-state index is -0.134. The Hall–Kier alpha value is -2.20. The fourth-order valence-electron chi connectivity index (χ4n) is 2.78. The largest absolute Gasteiger partial charge is 0.479 e. The Labute approximate surface area is 133 Å². The van der Waals surface area contributed by atoms with Crippen molar-refractivity contribution in [3.05, 3.63) is 65.9 Å². The molecule has 22 heavy (non-hydrogen) atoms. The Morgan fingerprint density at radius 1 is 1.09 bits per heavy atom. The Kier molecular flexibility index (Phi) is 3.39. The summed E-state index contributed by atoms with van der Waals surface area (Å²) >= 11 is 1.72. The lowest BCUT2D eigenvalue weighted by molar-refractivity contribution is 0.238. The standard InChI is InChI=1S/C18H16N2OS/c1-2-22-18-19-15-13-10-6-7-11-14(13)21-17(16(15)20-18)12-8-4-3-5-9-12/h3-11,17H,2H2,1H3,(H,19,20). The molecule has 1 unspecified atom stereocenters. The van der Waals surface area contributed by atoms with Crippen molar-refractivity contribution in [3.8, 4) is 17.0 Å². The molecule has 0 radical (unpaired) electrons. The van der Waals surface area contributed by atoms with E-state index in [0.717, 1.165) is 39.2 Å². The second-order valence-electron chi connectivity index (χ2n) is 5.14. The number of benzene rings is 2. The molecular weight excluding hydrogens is 292 g/mol. The van der Waals surface area contributed by atoms with Crippen LogP contribution in [0, 0.1) is 0 Å². The van der Waals surface area contributed by atoms with Crippen LogP contribution in [0.4, 0.5) is 0 Å². The van der Waals surface area contributed by atoms with Gasteiger partial charge < -0.3 is 9.72 Å². The Morgan fingerprint density at radius 2 is 1.86 bits per heavy atom. The number of para-hydroxylation sites is 1. The van der Waals surface area contributed by atoms with Gasteiger partial charge in [0.1, 0.15) is 11.4 Å². The van der Waals surface area contributed by atoms with Crippen LogP contribution in [-0.4, -0.2) is 15.7 Å². The first kappa shape index (κ1) is 13.5. The van der Waals surface area contributed by atoms with Crippen molar-refractivity contribution in [1.29, 1.82) is 0 Å². The fourth-order valence-corrected chi connectivity index (χ4v) is 3.39. The van der Waals surface area contributed by atoms with Crippen LogP contribution in [0.15, 0.2) is 59.8 Å². The van der Waals surface area contributed by atoms with Crippen molar-refractivity contribution in [3.63, 3.8) is 0 Å². The van der Waals surface area contributed by atoms with Crippen LogP contribution in [0.5, 0.6) is 5.75 Å². The minimum Gasteiger partial charge on any atom is -0.479 e. The summed E-state index contributed by atoms with van der Waals surface area (Å²) in [7, 11) is 0. The maximum absolute atomic E-state index is 6.26. The summed E-state index contributed by atoms with van der Waals surface area (Å²) in [5, 5.41) is 0.953. The lowest BCUT2D eigenvalue weighted by Gasteiger charge is -2.25. The number of imidazole rings is 1. The molecule has 110 valence electrons. The topological polar surface area (TPSA) is 37.9 Å². The van der Waals surface area contributed by atoms with Crippen LogP contribution >= 0.6 is 11.8 Å². The average molecular weight is 308 g/mol. The maximum Gasteiger partial charge on any atom is 0.166 e. The van der Waals surface area contributed by atoms with Gasteiger partial charge in [-0.3, -0.25) is 0 Å². The Morgan fingerprint density at radius 3 is 2.68 bits per heavy atom. The molecule has 2 heterocycles. The van der Waals surface area contributed by atoms with E-state index in [1.807, 2.05) is 36.4 Å². The highest BCUT2D eigenvalue weighted by Crippen LogP contribution is 2.44. The van der Waals surface area contributed by atoms with E-state index in [2.05, 4.69) is 30.1 Å². The number of nitrogens with one attached hydrogen (secondary N) is 1. The van der Waals surface area contributed by atoms with Gasteiger partial charge in [-0.1, -0.05) is 61.2 Å². The molecule has 3 aromatic rings. The molecule has 0 amide bonds. The molecule has 4 heteroatoms. The summed E-state index contributed by atoms with van der Waals surface area (Å²) < 4.78 is 6.26. The van der Waals surface area contributed by atoms with Crippen LogP contribution in [0.1, 0.15) is 24.3 Å². The summed E-state index contributed by atoms with van der Waals surface area (Å²) in [6.07, 6.45) is -0.134. The lowest BCUT2D eigenvalue weighted by Crippen LogP contribution is -2.15. The minimum absolute atomic E-state index is 0.134. The van der Waals surface area contributed by atoms with Gasteiger partial charge in [0.25, 0.3) is 0 Å². The number of nitrogens with zero attached hydrogens (tertiary/aromatic N) is 1. The van der Waals surface area contributed by atoms with Gasteiger partial charge in [-0.25, -0.2) is 4.98 Å². The SMILES string of the molecule is CCSc1nc2c([nH]1)C(c1ccccc1)Oc1ccccc1-2.